The van der Waals surface area contributed by atoms with Crippen LogP contribution in [0.3, 0.4) is 0 Å². The van der Waals surface area contributed by atoms with E-state index in [0.29, 0.717) is 5.92 Å². The lowest BCUT2D eigenvalue weighted by Gasteiger charge is -2.13. The first-order valence-electron chi connectivity index (χ1n) is 6.44. The Labute approximate surface area is 111 Å². The van der Waals surface area contributed by atoms with Crippen molar-refractivity contribution in [1.29, 1.82) is 0 Å². The molecular formula is C17H16O2. The Bertz CT molecular complexity index is 773. The summed E-state index contributed by atoms with van der Waals surface area (Å²) >= 11 is 0. The van der Waals surface area contributed by atoms with E-state index in [0.717, 1.165) is 27.1 Å². The van der Waals surface area contributed by atoms with E-state index in [-0.39, 0.29) is 11.5 Å². The predicted molar refractivity (Wildman–Crippen MR) is 78.9 cm³/mol. The lowest BCUT2D eigenvalue weighted by Crippen LogP contribution is -1.90. The van der Waals surface area contributed by atoms with Gasteiger partial charge in [-0.1, -0.05) is 32.0 Å². The molecule has 3 rings (SSSR count). The summed E-state index contributed by atoms with van der Waals surface area (Å²) in [6, 6.07) is 13.0. The van der Waals surface area contributed by atoms with Crippen molar-refractivity contribution in [3.63, 3.8) is 0 Å². The van der Waals surface area contributed by atoms with E-state index in [9.17, 15) is 10.2 Å². The molecule has 3 aromatic carbocycles. The van der Waals surface area contributed by atoms with Crippen LogP contribution in [0.5, 0.6) is 11.5 Å². The summed E-state index contributed by atoms with van der Waals surface area (Å²) in [5.74, 6) is 0.900. The first-order valence-corrected chi connectivity index (χ1v) is 6.44. The second-order valence-corrected chi connectivity index (χ2v) is 5.26. The number of fused-ring (bicyclic) bond motifs is 3. The first kappa shape index (κ1) is 11.8. The lowest BCUT2D eigenvalue weighted by atomic mass is 9.93. The summed E-state index contributed by atoms with van der Waals surface area (Å²) < 4.78 is 0. The molecule has 2 N–H and O–H groups in total. The molecule has 96 valence electrons. The average Bonchev–Trinajstić information content (AvgIpc) is 2.36. The van der Waals surface area contributed by atoms with Crippen LogP contribution in [-0.2, 0) is 0 Å². The highest BCUT2D eigenvalue weighted by Crippen LogP contribution is 2.35. The van der Waals surface area contributed by atoms with Gasteiger partial charge in [-0.2, -0.15) is 0 Å². The largest absolute Gasteiger partial charge is 0.508 e. The van der Waals surface area contributed by atoms with Crippen LogP contribution < -0.4 is 0 Å². The standard InChI is InChI=1S/C17H16O2/c1-10(2)16-8-13(19)9-17-14-6-4-12(18)7-11(14)3-5-15(16)17/h3-10,18-19H,1-2H3. The Morgan fingerprint density at radius 2 is 1.47 bits per heavy atom. The van der Waals surface area contributed by atoms with Gasteiger partial charge in [0.15, 0.2) is 0 Å². The van der Waals surface area contributed by atoms with E-state index in [1.54, 1.807) is 18.2 Å². The highest BCUT2D eigenvalue weighted by atomic mass is 16.3. The number of hydrogen-bond donors (Lipinski definition) is 2. The van der Waals surface area contributed by atoms with Crippen LogP contribution in [0.2, 0.25) is 0 Å². The zero-order valence-corrected chi connectivity index (χ0v) is 11.0. The van der Waals surface area contributed by atoms with Crippen LogP contribution in [0.1, 0.15) is 25.3 Å². The third-order valence-electron chi connectivity index (χ3n) is 3.57. The molecule has 2 heteroatoms. The summed E-state index contributed by atoms with van der Waals surface area (Å²) in [7, 11) is 0. The fourth-order valence-corrected chi connectivity index (χ4v) is 2.65. The molecular weight excluding hydrogens is 236 g/mol. The van der Waals surface area contributed by atoms with Crippen LogP contribution in [0.15, 0.2) is 42.5 Å². The van der Waals surface area contributed by atoms with E-state index in [2.05, 4.69) is 19.9 Å². The van der Waals surface area contributed by atoms with Crippen LogP contribution in [0.25, 0.3) is 21.5 Å². The molecule has 0 saturated carbocycles. The Kier molecular flexibility index (Phi) is 2.59. The van der Waals surface area contributed by atoms with E-state index in [4.69, 9.17) is 0 Å². The third kappa shape index (κ3) is 1.89. The summed E-state index contributed by atoms with van der Waals surface area (Å²) in [6.07, 6.45) is 0. The average molecular weight is 252 g/mol. The number of phenols is 2. The van der Waals surface area contributed by atoms with Gasteiger partial charge in [0.05, 0.1) is 0 Å². The highest BCUT2D eigenvalue weighted by Gasteiger charge is 2.10. The Morgan fingerprint density at radius 1 is 0.737 bits per heavy atom. The minimum absolute atomic E-state index is 0.260. The number of aromatic hydroxyl groups is 2. The summed E-state index contributed by atoms with van der Waals surface area (Å²) in [5.41, 5.74) is 1.14. The maximum Gasteiger partial charge on any atom is 0.116 e. The van der Waals surface area contributed by atoms with Gasteiger partial charge in [-0.15, -0.1) is 0 Å². The van der Waals surface area contributed by atoms with Gasteiger partial charge in [-0.3, -0.25) is 0 Å². The molecule has 0 aromatic heterocycles. The highest BCUT2D eigenvalue weighted by molar-refractivity contribution is 6.09. The second-order valence-electron chi connectivity index (χ2n) is 5.26. The van der Waals surface area contributed by atoms with Crippen LogP contribution in [0, 0.1) is 0 Å². The van der Waals surface area contributed by atoms with Crippen molar-refractivity contribution >= 4 is 21.5 Å². The SMILES string of the molecule is CC(C)c1cc(O)cc2c1ccc1cc(O)ccc12. The molecule has 0 saturated heterocycles. The minimum Gasteiger partial charge on any atom is -0.508 e. The van der Waals surface area contributed by atoms with Gasteiger partial charge in [0, 0.05) is 0 Å². The van der Waals surface area contributed by atoms with Crippen LogP contribution in [-0.4, -0.2) is 10.2 Å². The van der Waals surface area contributed by atoms with Gasteiger partial charge >= 0.3 is 0 Å². The zero-order valence-electron chi connectivity index (χ0n) is 11.0. The van der Waals surface area contributed by atoms with Crippen molar-refractivity contribution in [3.05, 3.63) is 48.0 Å². The van der Waals surface area contributed by atoms with E-state index >= 15 is 0 Å². The smallest absolute Gasteiger partial charge is 0.116 e. The van der Waals surface area contributed by atoms with Crippen LogP contribution in [0.4, 0.5) is 0 Å². The van der Waals surface area contributed by atoms with Crippen molar-refractivity contribution in [3.8, 4) is 11.5 Å². The normalized spacial score (nSPS) is 11.5. The van der Waals surface area contributed by atoms with Gasteiger partial charge in [0.25, 0.3) is 0 Å². The van der Waals surface area contributed by atoms with Crippen molar-refractivity contribution in [2.45, 2.75) is 19.8 Å². The molecule has 19 heavy (non-hydrogen) atoms. The molecule has 0 radical (unpaired) electrons. The summed E-state index contributed by atoms with van der Waals surface area (Å²) in [4.78, 5) is 0. The molecule has 0 amide bonds. The van der Waals surface area contributed by atoms with Gasteiger partial charge in [-0.25, -0.2) is 0 Å². The summed E-state index contributed by atoms with van der Waals surface area (Å²) in [5, 5.41) is 23.7. The van der Waals surface area contributed by atoms with Gasteiger partial charge in [-0.05, 0) is 57.3 Å². The van der Waals surface area contributed by atoms with Crippen molar-refractivity contribution in [2.24, 2.45) is 0 Å². The molecule has 0 atom stereocenters. The van der Waals surface area contributed by atoms with E-state index in [1.165, 1.54) is 0 Å². The van der Waals surface area contributed by atoms with Gasteiger partial charge in [0.1, 0.15) is 11.5 Å². The fourth-order valence-electron chi connectivity index (χ4n) is 2.65. The topological polar surface area (TPSA) is 40.5 Å². The molecule has 0 aliphatic carbocycles. The number of phenolic OH excluding ortho intramolecular Hbond substituents is 2. The Hall–Kier alpha value is -2.22. The molecule has 0 spiro atoms. The third-order valence-corrected chi connectivity index (χ3v) is 3.57. The molecule has 0 aliphatic heterocycles. The molecule has 0 unspecified atom stereocenters. The number of benzene rings is 3. The molecule has 0 fully saturated rings. The maximum absolute atomic E-state index is 9.92. The number of hydrogen-bond acceptors (Lipinski definition) is 2. The number of rotatable bonds is 1. The molecule has 3 aromatic rings. The Balaban J connectivity index is 2.48. The van der Waals surface area contributed by atoms with Crippen molar-refractivity contribution in [1.82, 2.24) is 0 Å². The van der Waals surface area contributed by atoms with Gasteiger partial charge in [0.2, 0.25) is 0 Å². The first-order chi connectivity index (χ1) is 9.06. The fraction of sp³-hybridized carbons (Fsp3) is 0.176. The molecule has 2 nitrogen and oxygen atoms in total. The maximum atomic E-state index is 9.92. The Morgan fingerprint density at radius 3 is 2.21 bits per heavy atom. The molecule has 0 aliphatic rings. The van der Waals surface area contributed by atoms with E-state index < -0.39 is 0 Å². The lowest BCUT2D eigenvalue weighted by molar-refractivity contribution is 0.475. The predicted octanol–water partition coefficient (Wildman–Crippen LogP) is 4.53. The summed E-state index contributed by atoms with van der Waals surface area (Å²) in [6.45, 7) is 4.24. The molecule has 0 bridgehead atoms. The minimum atomic E-state index is 0.260. The van der Waals surface area contributed by atoms with Crippen molar-refractivity contribution in [2.75, 3.05) is 0 Å². The second kappa shape index (κ2) is 4.16. The quantitative estimate of drug-likeness (QED) is 0.625. The monoisotopic (exact) mass is 252 g/mol. The van der Waals surface area contributed by atoms with Crippen LogP contribution >= 0.6 is 0 Å². The van der Waals surface area contributed by atoms with Gasteiger partial charge < -0.3 is 10.2 Å². The molecule has 0 heterocycles. The van der Waals surface area contributed by atoms with Crippen molar-refractivity contribution < 1.29 is 10.2 Å². The van der Waals surface area contributed by atoms with E-state index in [1.807, 2.05) is 18.2 Å². The zero-order chi connectivity index (χ0) is 13.6.